The third kappa shape index (κ3) is 4.24. The summed E-state index contributed by atoms with van der Waals surface area (Å²) in [6.07, 6.45) is 3.17. The summed E-state index contributed by atoms with van der Waals surface area (Å²) in [6.45, 7) is 6.46. The summed E-state index contributed by atoms with van der Waals surface area (Å²) >= 11 is 0. The van der Waals surface area contributed by atoms with Crippen molar-refractivity contribution >= 4 is 12.0 Å². The van der Waals surface area contributed by atoms with E-state index in [1.54, 1.807) is 19.9 Å². The van der Waals surface area contributed by atoms with E-state index in [-0.39, 0.29) is 5.97 Å². The van der Waals surface area contributed by atoms with Crippen LogP contribution in [0.2, 0.25) is 0 Å². The van der Waals surface area contributed by atoms with Crippen LogP contribution >= 0.6 is 0 Å². The maximum atomic E-state index is 11.4. The standard InChI is InChI=1S/C15H18N4O2/c1-4-21-15(20)8-7-13-6-5-11(2)9-14(13)10-19-17-12(3)16-18-19/h5-9H,4,10H2,1-3H3/b8-7+. The smallest absolute Gasteiger partial charge is 0.330 e. The number of benzene rings is 1. The zero-order valence-electron chi connectivity index (χ0n) is 12.4. The van der Waals surface area contributed by atoms with Crippen LogP contribution in [0.4, 0.5) is 0 Å². The molecule has 0 atom stereocenters. The molecule has 0 aliphatic rings. The molecule has 0 N–H and O–H groups in total. The summed E-state index contributed by atoms with van der Waals surface area (Å²) in [7, 11) is 0. The average molecular weight is 286 g/mol. The van der Waals surface area contributed by atoms with Crippen LogP contribution in [-0.4, -0.2) is 32.8 Å². The molecule has 110 valence electrons. The molecule has 21 heavy (non-hydrogen) atoms. The third-order valence-corrected chi connectivity index (χ3v) is 2.85. The van der Waals surface area contributed by atoms with Gasteiger partial charge in [0.15, 0.2) is 5.82 Å². The van der Waals surface area contributed by atoms with Crippen LogP contribution < -0.4 is 0 Å². The molecular weight excluding hydrogens is 268 g/mol. The topological polar surface area (TPSA) is 69.9 Å². The normalized spacial score (nSPS) is 11.0. The molecule has 0 amide bonds. The maximum absolute atomic E-state index is 11.4. The molecule has 0 fully saturated rings. The van der Waals surface area contributed by atoms with Gasteiger partial charge in [-0.25, -0.2) is 4.79 Å². The highest BCUT2D eigenvalue weighted by molar-refractivity contribution is 5.87. The number of hydrogen-bond donors (Lipinski definition) is 0. The molecule has 1 aromatic heterocycles. The molecule has 0 bridgehead atoms. The number of hydrogen-bond acceptors (Lipinski definition) is 5. The molecule has 0 unspecified atom stereocenters. The van der Waals surface area contributed by atoms with Gasteiger partial charge in [-0.3, -0.25) is 0 Å². The second kappa shape index (κ2) is 6.78. The molecular formula is C15H18N4O2. The monoisotopic (exact) mass is 286 g/mol. The van der Waals surface area contributed by atoms with Crippen LogP contribution in [-0.2, 0) is 16.1 Å². The fourth-order valence-electron chi connectivity index (χ4n) is 1.92. The zero-order valence-corrected chi connectivity index (χ0v) is 12.4. The molecule has 2 aromatic rings. The number of aromatic nitrogens is 4. The largest absolute Gasteiger partial charge is 0.463 e. The van der Waals surface area contributed by atoms with Crippen LogP contribution in [0.1, 0.15) is 29.4 Å². The van der Waals surface area contributed by atoms with Crippen molar-refractivity contribution in [1.29, 1.82) is 0 Å². The number of carbonyl (C=O) groups excluding carboxylic acids is 1. The van der Waals surface area contributed by atoms with E-state index >= 15 is 0 Å². The maximum Gasteiger partial charge on any atom is 0.330 e. The number of tetrazole rings is 1. The highest BCUT2D eigenvalue weighted by Crippen LogP contribution is 2.14. The van der Waals surface area contributed by atoms with E-state index in [1.807, 2.05) is 25.1 Å². The summed E-state index contributed by atoms with van der Waals surface area (Å²) in [6, 6.07) is 6.00. The molecule has 0 saturated carbocycles. The SMILES string of the molecule is CCOC(=O)/C=C/c1ccc(C)cc1Cn1nnc(C)n1. The summed E-state index contributed by atoms with van der Waals surface area (Å²) < 4.78 is 4.88. The summed E-state index contributed by atoms with van der Waals surface area (Å²) in [5, 5.41) is 12.0. The Morgan fingerprint density at radius 1 is 1.38 bits per heavy atom. The second-order valence-corrected chi connectivity index (χ2v) is 4.65. The lowest BCUT2D eigenvalue weighted by Crippen LogP contribution is -2.06. The van der Waals surface area contributed by atoms with Gasteiger partial charge in [0.2, 0.25) is 0 Å². The molecule has 1 heterocycles. The first-order valence-corrected chi connectivity index (χ1v) is 6.77. The predicted molar refractivity (Wildman–Crippen MR) is 78.5 cm³/mol. The lowest BCUT2D eigenvalue weighted by molar-refractivity contribution is -0.137. The van der Waals surface area contributed by atoms with E-state index in [9.17, 15) is 4.79 Å². The lowest BCUT2D eigenvalue weighted by atomic mass is 10.0. The van der Waals surface area contributed by atoms with Gasteiger partial charge in [0.05, 0.1) is 13.2 Å². The van der Waals surface area contributed by atoms with Gasteiger partial charge in [-0.1, -0.05) is 23.8 Å². The van der Waals surface area contributed by atoms with Crippen molar-refractivity contribution in [2.24, 2.45) is 0 Å². The number of aryl methyl sites for hydroxylation is 2. The third-order valence-electron chi connectivity index (χ3n) is 2.85. The number of rotatable bonds is 5. The van der Waals surface area contributed by atoms with E-state index in [1.165, 1.54) is 10.9 Å². The first kappa shape index (κ1) is 14.9. The number of esters is 1. The van der Waals surface area contributed by atoms with Gasteiger partial charge in [0.1, 0.15) is 0 Å². The quantitative estimate of drug-likeness (QED) is 0.620. The first-order chi connectivity index (χ1) is 10.1. The molecule has 0 aliphatic heterocycles. The minimum Gasteiger partial charge on any atom is -0.463 e. The Bertz CT molecular complexity index is 661. The Balaban J connectivity index is 2.23. The number of ether oxygens (including phenoxy) is 1. The summed E-state index contributed by atoms with van der Waals surface area (Å²) in [4.78, 5) is 12.9. The fourth-order valence-corrected chi connectivity index (χ4v) is 1.92. The van der Waals surface area contributed by atoms with Gasteiger partial charge in [0.25, 0.3) is 0 Å². The van der Waals surface area contributed by atoms with Crippen molar-refractivity contribution in [2.45, 2.75) is 27.3 Å². The van der Waals surface area contributed by atoms with Crippen molar-refractivity contribution in [1.82, 2.24) is 20.2 Å². The number of nitrogens with zero attached hydrogens (tertiary/aromatic N) is 4. The van der Waals surface area contributed by atoms with Gasteiger partial charge in [-0.05, 0) is 43.2 Å². The van der Waals surface area contributed by atoms with Crippen LogP contribution in [0, 0.1) is 13.8 Å². The highest BCUT2D eigenvalue weighted by Gasteiger charge is 2.05. The van der Waals surface area contributed by atoms with Crippen molar-refractivity contribution < 1.29 is 9.53 Å². The van der Waals surface area contributed by atoms with E-state index < -0.39 is 0 Å². The van der Waals surface area contributed by atoms with Crippen molar-refractivity contribution in [3.8, 4) is 0 Å². The Hall–Kier alpha value is -2.50. The van der Waals surface area contributed by atoms with Crippen LogP contribution in [0.3, 0.4) is 0 Å². The van der Waals surface area contributed by atoms with E-state index in [0.29, 0.717) is 19.0 Å². The van der Waals surface area contributed by atoms with E-state index in [0.717, 1.165) is 16.7 Å². The van der Waals surface area contributed by atoms with Crippen molar-refractivity contribution in [3.05, 3.63) is 46.8 Å². The van der Waals surface area contributed by atoms with Crippen molar-refractivity contribution in [3.63, 3.8) is 0 Å². The first-order valence-electron chi connectivity index (χ1n) is 6.77. The van der Waals surface area contributed by atoms with Crippen LogP contribution in [0.5, 0.6) is 0 Å². The van der Waals surface area contributed by atoms with Gasteiger partial charge >= 0.3 is 5.97 Å². The Morgan fingerprint density at radius 3 is 2.86 bits per heavy atom. The average Bonchev–Trinajstić information content (AvgIpc) is 2.83. The Labute approximate surface area is 123 Å². The van der Waals surface area contributed by atoms with Gasteiger partial charge in [-0.15, -0.1) is 10.2 Å². The molecule has 2 rings (SSSR count). The fraction of sp³-hybridized carbons (Fsp3) is 0.333. The molecule has 0 radical (unpaired) electrons. The predicted octanol–water partition coefficient (Wildman–Crippen LogP) is 1.91. The molecule has 1 aromatic carbocycles. The molecule has 0 spiro atoms. The van der Waals surface area contributed by atoms with E-state index in [2.05, 4.69) is 15.4 Å². The zero-order chi connectivity index (χ0) is 15.2. The van der Waals surface area contributed by atoms with Crippen LogP contribution in [0.15, 0.2) is 24.3 Å². The summed E-state index contributed by atoms with van der Waals surface area (Å²) in [5.41, 5.74) is 3.09. The molecule has 0 aliphatic carbocycles. The summed E-state index contributed by atoms with van der Waals surface area (Å²) in [5.74, 6) is 0.282. The Kier molecular flexibility index (Phi) is 4.81. The van der Waals surface area contributed by atoms with E-state index in [4.69, 9.17) is 4.74 Å². The molecule has 6 nitrogen and oxygen atoms in total. The minimum absolute atomic E-state index is 0.348. The number of carbonyl (C=O) groups is 1. The molecule has 0 saturated heterocycles. The van der Waals surface area contributed by atoms with Crippen molar-refractivity contribution in [2.75, 3.05) is 6.61 Å². The van der Waals surface area contributed by atoms with Gasteiger partial charge in [-0.2, -0.15) is 4.80 Å². The minimum atomic E-state index is -0.348. The van der Waals surface area contributed by atoms with Gasteiger partial charge in [0, 0.05) is 6.08 Å². The molecule has 6 heteroatoms. The Morgan fingerprint density at radius 2 is 2.19 bits per heavy atom. The second-order valence-electron chi connectivity index (χ2n) is 4.65. The van der Waals surface area contributed by atoms with Gasteiger partial charge < -0.3 is 4.74 Å². The lowest BCUT2D eigenvalue weighted by Gasteiger charge is -2.06. The highest BCUT2D eigenvalue weighted by atomic mass is 16.5. The van der Waals surface area contributed by atoms with Crippen LogP contribution in [0.25, 0.3) is 6.08 Å².